The molecule has 4 nitrogen and oxygen atoms in total. The summed E-state index contributed by atoms with van der Waals surface area (Å²) in [5.41, 5.74) is 0.701. The van der Waals surface area contributed by atoms with Gasteiger partial charge in [-0.15, -0.1) is 0 Å². The molecule has 0 amide bonds. The number of benzene rings is 1. The molecule has 0 bridgehead atoms. The van der Waals surface area contributed by atoms with Crippen LogP contribution in [-0.2, 0) is 0 Å². The minimum absolute atomic E-state index is 0.161. The first-order valence-electron chi connectivity index (χ1n) is 4.76. The molecule has 4 heteroatoms. The van der Waals surface area contributed by atoms with Crippen molar-refractivity contribution in [3.05, 3.63) is 29.3 Å². The predicted octanol–water partition coefficient (Wildman–Crippen LogP) is 2.44. The van der Waals surface area contributed by atoms with Gasteiger partial charge in [-0.2, -0.15) is 0 Å². The molecule has 16 heavy (non-hydrogen) atoms. The van der Waals surface area contributed by atoms with Gasteiger partial charge in [0, 0.05) is 11.6 Å². The van der Waals surface area contributed by atoms with Crippen LogP contribution in [0.4, 0.5) is 0 Å². The van der Waals surface area contributed by atoms with Crippen molar-refractivity contribution in [3.63, 3.8) is 0 Å². The molecule has 0 heterocycles. The molecule has 0 fully saturated rings. The van der Waals surface area contributed by atoms with Crippen molar-refractivity contribution in [1.29, 1.82) is 0 Å². The third-order valence-electron chi connectivity index (χ3n) is 2.13. The number of ether oxygens (including phenoxy) is 2. The van der Waals surface area contributed by atoms with E-state index in [0.717, 1.165) is 0 Å². The minimum Gasteiger partial charge on any atom is -0.497 e. The van der Waals surface area contributed by atoms with Crippen LogP contribution in [0.15, 0.2) is 18.2 Å². The summed E-state index contributed by atoms with van der Waals surface area (Å²) in [4.78, 5) is 11.1. The van der Waals surface area contributed by atoms with E-state index in [1.165, 1.54) is 20.3 Å². The Bertz CT molecular complexity index is 421. The van der Waals surface area contributed by atoms with Crippen molar-refractivity contribution in [3.8, 4) is 11.5 Å². The van der Waals surface area contributed by atoms with Crippen LogP contribution in [-0.4, -0.2) is 25.3 Å². The number of carboxylic acid groups (broad SMARTS) is 1. The Kier molecular flexibility index (Phi) is 3.94. The van der Waals surface area contributed by atoms with Crippen molar-refractivity contribution >= 4 is 12.0 Å². The van der Waals surface area contributed by atoms with E-state index in [9.17, 15) is 4.79 Å². The Labute approximate surface area is 94.1 Å². The molecule has 0 spiro atoms. The monoisotopic (exact) mass is 222 g/mol. The number of methoxy groups -OCH3 is 2. The van der Waals surface area contributed by atoms with E-state index in [4.69, 9.17) is 14.6 Å². The van der Waals surface area contributed by atoms with Crippen molar-refractivity contribution in [1.82, 2.24) is 0 Å². The van der Waals surface area contributed by atoms with Crippen LogP contribution in [0.2, 0.25) is 0 Å². The fraction of sp³-hybridized carbons (Fsp3) is 0.250. The molecule has 0 radical (unpaired) electrons. The summed E-state index contributed by atoms with van der Waals surface area (Å²) in [6.45, 7) is 1.81. The second kappa shape index (κ2) is 5.21. The lowest BCUT2D eigenvalue weighted by Crippen LogP contribution is -2.02. The second-order valence-electron chi connectivity index (χ2n) is 3.10. The molecule has 0 aliphatic heterocycles. The first-order chi connectivity index (χ1) is 7.63. The smallest absolute Gasteiger partial charge is 0.336 e. The molecule has 0 saturated carbocycles. The molecule has 0 aliphatic carbocycles. The van der Waals surface area contributed by atoms with E-state index in [0.29, 0.717) is 17.1 Å². The third-order valence-corrected chi connectivity index (χ3v) is 2.13. The quantitative estimate of drug-likeness (QED) is 0.850. The summed E-state index contributed by atoms with van der Waals surface area (Å²) in [5.74, 6) is -0.0670. The second-order valence-corrected chi connectivity index (χ2v) is 3.10. The van der Waals surface area contributed by atoms with Gasteiger partial charge < -0.3 is 14.6 Å². The molecule has 0 saturated heterocycles. The fourth-order valence-electron chi connectivity index (χ4n) is 1.40. The van der Waals surface area contributed by atoms with Gasteiger partial charge in [-0.1, -0.05) is 12.2 Å². The minimum atomic E-state index is -1.01. The van der Waals surface area contributed by atoms with Crippen molar-refractivity contribution in [2.75, 3.05) is 14.2 Å². The number of aromatic carboxylic acids is 1. The lowest BCUT2D eigenvalue weighted by Gasteiger charge is -2.10. The van der Waals surface area contributed by atoms with Crippen LogP contribution in [0, 0.1) is 0 Å². The van der Waals surface area contributed by atoms with Crippen molar-refractivity contribution in [2.24, 2.45) is 0 Å². The van der Waals surface area contributed by atoms with Crippen LogP contribution < -0.4 is 9.47 Å². The number of carbonyl (C=O) groups is 1. The fourth-order valence-corrected chi connectivity index (χ4v) is 1.40. The van der Waals surface area contributed by atoms with E-state index in [1.807, 2.05) is 6.92 Å². The Morgan fingerprint density at radius 3 is 2.44 bits per heavy atom. The largest absolute Gasteiger partial charge is 0.497 e. The Balaban J connectivity index is 3.46. The highest BCUT2D eigenvalue weighted by Crippen LogP contribution is 2.29. The molecule has 1 aromatic rings. The summed E-state index contributed by atoms with van der Waals surface area (Å²) in [7, 11) is 2.98. The number of allylic oxidation sites excluding steroid dienone is 1. The Hall–Kier alpha value is -1.97. The van der Waals surface area contributed by atoms with Crippen LogP contribution >= 0.6 is 0 Å². The Morgan fingerprint density at radius 1 is 1.31 bits per heavy atom. The molecule has 1 rings (SSSR count). The third kappa shape index (κ3) is 2.34. The molecule has 86 valence electrons. The van der Waals surface area contributed by atoms with Crippen LogP contribution in [0.3, 0.4) is 0 Å². The zero-order valence-electron chi connectivity index (χ0n) is 9.48. The summed E-state index contributed by atoms with van der Waals surface area (Å²) in [5, 5.41) is 9.09. The molecule has 0 atom stereocenters. The number of hydrogen-bond acceptors (Lipinski definition) is 3. The number of rotatable bonds is 4. The maximum atomic E-state index is 11.1. The van der Waals surface area contributed by atoms with E-state index >= 15 is 0 Å². The topological polar surface area (TPSA) is 55.8 Å². The lowest BCUT2D eigenvalue weighted by molar-refractivity contribution is 0.0696. The predicted molar refractivity (Wildman–Crippen MR) is 61.2 cm³/mol. The van der Waals surface area contributed by atoms with Gasteiger partial charge in [0.1, 0.15) is 11.5 Å². The van der Waals surface area contributed by atoms with E-state index < -0.39 is 5.97 Å². The van der Waals surface area contributed by atoms with E-state index in [-0.39, 0.29) is 5.56 Å². The van der Waals surface area contributed by atoms with Gasteiger partial charge in [0.25, 0.3) is 0 Å². The van der Waals surface area contributed by atoms with Crippen LogP contribution in [0.25, 0.3) is 6.08 Å². The molecule has 0 unspecified atom stereocenters. The molecule has 1 aromatic carbocycles. The van der Waals surface area contributed by atoms with Gasteiger partial charge in [-0.3, -0.25) is 0 Å². The first-order valence-corrected chi connectivity index (χ1v) is 4.76. The summed E-state index contributed by atoms with van der Waals surface area (Å²) >= 11 is 0. The maximum absolute atomic E-state index is 11.1. The van der Waals surface area contributed by atoms with Gasteiger partial charge in [0.2, 0.25) is 0 Å². The zero-order chi connectivity index (χ0) is 12.1. The van der Waals surface area contributed by atoms with Crippen molar-refractivity contribution in [2.45, 2.75) is 6.92 Å². The highest BCUT2D eigenvalue weighted by Gasteiger charge is 2.15. The van der Waals surface area contributed by atoms with Gasteiger partial charge in [-0.05, 0) is 13.0 Å². The molecule has 0 aliphatic rings. The molecule has 0 aromatic heterocycles. The zero-order valence-corrected chi connectivity index (χ0v) is 9.48. The lowest BCUT2D eigenvalue weighted by atomic mass is 10.1. The molecular weight excluding hydrogens is 208 g/mol. The number of hydrogen-bond donors (Lipinski definition) is 1. The van der Waals surface area contributed by atoms with Gasteiger partial charge in [0.15, 0.2) is 0 Å². The molecule has 1 N–H and O–H groups in total. The Morgan fingerprint density at radius 2 is 2.00 bits per heavy atom. The average molecular weight is 222 g/mol. The maximum Gasteiger partial charge on any atom is 0.336 e. The standard InChI is InChI=1S/C12H14O4/c1-4-5-9-10(12(13)14)6-8(15-2)7-11(9)16-3/h4-7H,1-3H3,(H,13,14)/b5-4+. The van der Waals surface area contributed by atoms with Gasteiger partial charge in [0.05, 0.1) is 19.8 Å². The average Bonchev–Trinajstić information content (AvgIpc) is 2.29. The van der Waals surface area contributed by atoms with Crippen LogP contribution in [0.5, 0.6) is 11.5 Å². The SMILES string of the molecule is C/C=C/c1c(OC)cc(OC)cc1C(=O)O. The van der Waals surface area contributed by atoms with Gasteiger partial charge >= 0.3 is 5.97 Å². The van der Waals surface area contributed by atoms with Crippen LogP contribution in [0.1, 0.15) is 22.8 Å². The van der Waals surface area contributed by atoms with Crippen molar-refractivity contribution < 1.29 is 19.4 Å². The summed E-state index contributed by atoms with van der Waals surface area (Å²) in [6, 6.07) is 3.13. The van der Waals surface area contributed by atoms with E-state index in [1.54, 1.807) is 18.2 Å². The summed E-state index contributed by atoms with van der Waals surface area (Å²) in [6.07, 6.45) is 3.46. The highest BCUT2D eigenvalue weighted by molar-refractivity contribution is 5.94. The first kappa shape index (κ1) is 12.1. The highest BCUT2D eigenvalue weighted by atomic mass is 16.5. The number of carboxylic acids is 1. The summed E-state index contributed by atoms with van der Waals surface area (Å²) < 4.78 is 10.1. The molecular formula is C12H14O4. The van der Waals surface area contributed by atoms with E-state index in [2.05, 4.69) is 0 Å². The van der Waals surface area contributed by atoms with Gasteiger partial charge in [-0.25, -0.2) is 4.79 Å². The normalized spacial score (nSPS) is 10.4.